The Kier molecular flexibility index (Phi) is 6.81. The zero-order valence-electron chi connectivity index (χ0n) is 19.5. The molecule has 0 radical (unpaired) electrons. The third-order valence-electron chi connectivity index (χ3n) is 5.67. The van der Waals surface area contributed by atoms with Crippen LogP contribution in [-0.2, 0) is 14.3 Å². The van der Waals surface area contributed by atoms with Gasteiger partial charge in [0.1, 0.15) is 17.1 Å². The van der Waals surface area contributed by atoms with Crippen molar-refractivity contribution >= 4 is 35.2 Å². The predicted molar refractivity (Wildman–Crippen MR) is 128 cm³/mol. The molecule has 34 heavy (non-hydrogen) atoms. The molecule has 0 saturated carbocycles. The van der Waals surface area contributed by atoms with Gasteiger partial charge in [-0.3, -0.25) is 14.5 Å². The highest BCUT2D eigenvalue weighted by molar-refractivity contribution is 6.30. The van der Waals surface area contributed by atoms with Crippen LogP contribution in [0.1, 0.15) is 27.2 Å². The number of halogens is 1. The number of carbonyl (C=O) groups is 3. The first kappa shape index (κ1) is 24.0. The lowest BCUT2D eigenvalue weighted by molar-refractivity contribution is -0.123. The smallest absolute Gasteiger partial charge is 0.410 e. The molecule has 0 bridgehead atoms. The van der Waals surface area contributed by atoms with Crippen molar-refractivity contribution in [3.8, 4) is 11.5 Å². The van der Waals surface area contributed by atoms with Crippen LogP contribution in [0.5, 0.6) is 11.5 Å². The topological polar surface area (TPSA) is 79.4 Å². The summed E-state index contributed by atoms with van der Waals surface area (Å²) in [4.78, 5) is 43.0. The van der Waals surface area contributed by atoms with Crippen molar-refractivity contribution in [3.63, 3.8) is 0 Å². The quantitative estimate of drug-likeness (QED) is 0.600. The summed E-state index contributed by atoms with van der Waals surface area (Å²) in [6.07, 6.45) is -0.239. The third-order valence-corrected chi connectivity index (χ3v) is 5.93. The molecule has 2 aliphatic rings. The molecule has 0 unspecified atom stereocenters. The van der Waals surface area contributed by atoms with E-state index in [0.29, 0.717) is 48.4 Å². The number of hydrogen-bond acceptors (Lipinski definition) is 6. The second kappa shape index (κ2) is 9.64. The molecular weight excluding hydrogens is 458 g/mol. The molecule has 1 atom stereocenters. The maximum absolute atomic E-state index is 13.1. The van der Waals surface area contributed by atoms with Crippen LogP contribution in [0, 0.1) is 0 Å². The second-order valence-electron chi connectivity index (χ2n) is 9.34. The van der Waals surface area contributed by atoms with Crippen LogP contribution >= 0.6 is 11.6 Å². The predicted octanol–water partition coefficient (Wildman–Crippen LogP) is 4.32. The maximum Gasteiger partial charge on any atom is 0.410 e. The van der Waals surface area contributed by atoms with Gasteiger partial charge in [-0.05, 0) is 69.3 Å². The molecule has 0 spiro atoms. The molecule has 2 fully saturated rings. The molecule has 2 heterocycles. The number of anilines is 1. The molecular formula is C25H28ClN3O5. The van der Waals surface area contributed by atoms with Gasteiger partial charge in [0.05, 0.1) is 18.2 Å². The molecule has 180 valence electrons. The fourth-order valence-electron chi connectivity index (χ4n) is 4.02. The minimum absolute atomic E-state index is 0.119. The number of piperazine rings is 1. The molecule has 0 N–H and O–H groups in total. The van der Waals surface area contributed by atoms with E-state index < -0.39 is 11.6 Å². The molecule has 3 amide bonds. The number of carbonyl (C=O) groups excluding carboxylic acids is 3. The van der Waals surface area contributed by atoms with Crippen molar-refractivity contribution < 1.29 is 23.9 Å². The zero-order valence-corrected chi connectivity index (χ0v) is 20.2. The van der Waals surface area contributed by atoms with Crippen molar-refractivity contribution in [2.24, 2.45) is 0 Å². The minimum atomic E-state index is -0.558. The summed E-state index contributed by atoms with van der Waals surface area (Å²) in [5.74, 6) is 0.731. The summed E-state index contributed by atoms with van der Waals surface area (Å²) in [6.45, 7) is 7.39. The van der Waals surface area contributed by atoms with E-state index in [2.05, 4.69) is 0 Å². The number of nitrogens with zero attached hydrogens (tertiary/aromatic N) is 3. The van der Waals surface area contributed by atoms with Crippen LogP contribution < -0.4 is 9.64 Å². The van der Waals surface area contributed by atoms with Crippen LogP contribution in [-0.4, -0.2) is 65.5 Å². The van der Waals surface area contributed by atoms with Crippen LogP contribution in [0.3, 0.4) is 0 Å². The average molecular weight is 486 g/mol. The second-order valence-corrected chi connectivity index (χ2v) is 9.78. The molecule has 2 aromatic rings. The minimum Gasteiger partial charge on any atom is -0.457 e. The number of benzene rings is 2. The van der Waals surface area contributed by atoms with Gasteiger partial charge >= 0.3 is 6.09 Å². The Morgan fingerprint density at radius 1 is 0.912 bits per heavy atom. The fraction of sp³-hybridized carbons (Fsp3) is 0.400. The molecule has 0 aromatic heterocycles. The lowest BCUT2D eigenvalue weighted by atomic mass is 10.1. The molecule has 2 aliphatic heterocycles. The number of hydrogen-bond donors (Lipinski definition) is 0. The Bertz CT molecular complexity index is 1060. The number of imide groups is 1. The SMILES string of the molecule is CC(C)(C)OC(=O)N1CCN([C@@H]2CC(=O)N(c3ccc(Oc4ccc(Cl)cc4)cc3)C2=O)CC1. The molecule has 2 aromatic carbocycles. The summed E-state index contributed by atoms with van der Waals surface area (Å²) in [5.41, 5.74) is -0.0498. The molecule has 2 saturated heterocycles. The van der Waals surface area contributed by atoms with Gasteiger partial charge in [-0.1, -0.05) is 11.6 Å². The normalized spacial score (nSPS) is 19.5. The fourth-order valence-corrected chi connectivity index (χ4v) is 4.14. The number of ether oxygens (including phenoxy) is 2. The summed E-state index contributed by atoms with van der Waals surface area (Å²) in [7, 11) is 0. The van der Waals surface area contributed by atoms with E-state index in [0.717, 1.165) is 0 Å². The van der Waals surface area contributed by atoms with Crippen molar-refractivity contribution in [1.82, 2.24) is 9.80 Å². The summed E-state index contributed by atoms with van der Waals surface area (Å²) < 4.78 is 11.2. The van der Waals surface area contributed by atoms with Crippen molar-refractivity contribution in [2.75, 3.05) is 31.1 Å². The van der Waals surface area contributed by atoms with Crippen LogP contribution in [0.15, 0.2) is 48.5 Å². The van der Waals surface area contributed by atoms with E-state index in [9.17, 15) is 14.4 Å². The Hall–Kier alpha value is -3.10. The van der Waals surface area contributed by atoms with E-state index in [4.69, 9.17) is 21.1 Å². The number of amides is 3. The maximum atomic E-state index is 13.1. The van der Waals surface area contributed by atoms with E-state index in [1.807, 2.05) is 25.7 Å². The molecule has 0 aliphatic carbocycles. The summed E-state index contributed by atoms with van der Waals surface area (Å²) in [5, 5.41) is 0.620. The Labute approximate surface area is 204 Å². The highest BCUT2D eigenvalue weighted by atomic mass is 35.5. The van der Waals surface area contributed by atoms with Gasteiger partial charge in [0.25, 0.3) is 5.91 Å². The van der Waals surface area contributed by atoms with Gasteiger partial charge in [0.2, 0.25) is 5.91 Å². The molecule has 8 nitrogen and oxygen atoms in total. The average Bonchev–Trinajstić information content (AvgIpc) is 3.09. The van der Waals surface area contributed by atoms with Gasteiger partial charge in [-0.15, -0.1) is 0 Å². The van der Waals surface area contributed by atoms with Gasteiger partial charge in [0, 0.05) is 31.2 Å². The standard InChI is InChI=1S/C25H28ClN3O5/c1-25(2,3)34-24(32)28-14-12-27(13-15-28)21-16-22(30)29(23(21)31)18-6-10-20(11-7-18)33-19-8-4-17(26)5-9-19/h4-11,21H,12-16H2,1-3H3/t21-/m1/s1. The van der Waals surface area contributed by atoms with Gasteiger partial charge < -0.3 is 14.4 Å². The van der Waals surface area contributed by atoms with Gasteiger partial charge in [-0.25, -0.2) is 9.69 Å². The first-order valence-corrected chi connectivity index (χ1v) is 11.6. The highest BCUT2D eigenvalue weighted by Crippen LogP contribution is 2.30. The lowest BCUT2D eigenvalue weighted by Crippen LogP contribution is -2.54. The monoisotopic (exact) mass is 485 g/mol. The van der Waals surface area contributed by atoms with Crippen molar-refractivity contribution in [3.05, 3.63) is 53.6 Å². The summed E-state index contributed by atoms with van der Waals surface area (Å²) >= 11 is 5.90. The summed E-state index contributed by atoms with van der Waals surface area (Å²) in [6, 6.07) is 13.3. The van der Waals surface area contributed by atoms with Crippen LogP contribution in [0.25, 0.3) is 0 Å². The molecule has 4 rings (SSSR count). The van der Waals surface area contributed by atoms with Crippen molar-refractivity contribution in [1.29, 1.82) is 0 Å². The first-order valence-electron chi connectivity index (χ1n) is 11.2. The lowest BCUT2D eigenvalue weighted by Gasteiger charge is -2.37. The van der Waals surface area contributed by atoms with E-state index in [1.54, 1.807) is 53.4 Å². The Morgan fingerprint density at radius 2 is 1.47 bits per heavy atom. The van der Waals surface area contributed by atoms with E-state index in [-0.39, 0.29) is 24.3 Å². The zero-order chi connectivity index (χ0) is 24.5. The molecule has 9 heteroatoms. The van der Waals surface area contributed by atoms with Gasteiger partial charge in [0.15, 0.2) is 0 Å². The van der Waals surface area contributed by atoms with Crippen molar-refractivity contribution in [2.45, 2.75) is 38.8 Å². The highest BCUT2D eigenvalue weighted by Gasteiger charge is 2.43. The van der Waals surface area contributed by atoms with E-state index in [1.165, 1.54) is 4.90 Å². The first-order chi connectivity index (χ1) is 16.1. The number of rotatable bonds is 4. The van der Waals surface area contributed by atoms with Gasteiger partial charge in [-0.2, -0.15) is 0 Å². The largest absolute Gasteiger partial charge is 0.457 e. The Balaban J connectivity index is 1.36. The van der Waals surface area contributed by atoms with Crippen LogP contribution in [0.2, 0.25) is 5.02 Å². The van der Waals surface area contributed by atoms with Crippen LogP contribution in [0.4, 0.5) is 10.5 Å². The third kappa shape index (κ3) is 5.51. The van der Waals surface area contributed by atoms with E-state index >= 15 is 0 Å². The Morgan fingerprint density at radius 3 is 2.03 bits per heavy atom.